The SMILES string of the molecule is Cc1ncccc1-c1nc2nc(c1C(C)(C)C)OC1CN(Cc3ccccc31)C(=O)c1cccc(c1)S(=O)(=O)N2. The van der Waals surface area contributed by atoms with E-state index in [1.165, 1.54) is 12.1 Å². The molecule has 10 heteroatoms. The number of fused-ring (bicyclic) bond motifs is 8. The lowest BCUT2D eigenvalue weighted by Crippen LogP contribution is -2.40. The molecular formula is C30H29N5O4S. The predicted molar refractivity (Wildman–Crippen MR) is 151 cm³/mol. The van der Waals surface area contributed by atoms with Crippen molar-refractivity contribution in [3.8, 4) is 17.1 Å². The Morgan fingerprint density at radius 3 is 2.60 bits per heavy atom. The first-order valence-electron chi connectivity index (χ1n) is 13.0. The molecule has 2 aromatic heterocycles. The number of hydrogen-bond donors (Lipinski definition) is 1. The van der Waals surface area contributed by atoms with E-state index in [4.69, 9.17) is 9.72 Å². The van der Waals surface area contributed by atoms with Crippen LogP contribution in [0.5, 0.6) is 5.88 Å². The monoisotopic (exact) mass is 555 g/mol. The Kier molecular flexibility index (Phi) is 6.10. The van der Waals surface area contributed by atoms with Gasteiger partial charge in [0.05, 0.1) is 17.1 Å². The van der Waals surface area contributed by atoms with Gasteiger partial charge in [-0.3, -0.25) is 9.78 Å². The number of hydrogen-bond acceptors (Lipinski definition) is 7. The molecule has 0 radical (unpaired) electrons. The summed E-state index contributed by atoms with van der Waals surface area (Å²) < 4.78 is 36.3. The minimum atomic E-state index is -4.13. The minimum Gasteiger partial charge on any atom is -0.467 e. The standard InChI is InChI=1S/C30H29N5O4S/c1-18-22(13-8-14-31-18)26-25(30(2,3)4)27-33-29(32-26)34-40(37,38)21-11-7-10-19(15-21)28(36)35-16-20-9-5-6-12-23(20)24(17-35)39-27/h5-15,24H,16-17H2,1-4H3,(H,32,33,34). The van der Waals surface area contributed by atoms with Gasteiger partial charge in [0.25, 0.3) is 15.9 Å². The minimum absolute atomic E-state index is 0.0587. The summed E-state index contributed by atoms with van der Waals surface area (Å²) in [6.45, 7) is 8.61. The lowest BCUT2D eigenvalue weighted by atomic mass is 9.84. The number of sulfonamides is 1. The van der Waals surface area contributed by atoms with Crippen molar-refractivity contribution in [2.45, 2.75) is 50.7 Å². The zero-order valence-electron chi connectivity index (χ0n) is 22.7. The molecule has 2 aliphatic rings. The summed E-state index contributed by atoms with van der Waals surface area (Å²) in [5.74, 6) is -0.156. The Balaban J connectivity index is 1.65. The third-order valence-electron chi connectivity index (χ3n) is 7.20. The number of benzene rings is 2. The van der Waals surface area contributed by atoms with Gasteiger partial charge in [0.15, 0.2) is 0 Å². The van der Waals surface area contributed by atoms with Gasteiger partial charge >= 0.3 is 0 Å². The van der Waals surface area contributed by atoms with Crippen LogP contribution in [0, 0.1) is 6.92 Å². The molecule has 0 aliphatic carbocycles. The number of anilines is 1. The van der Waals surface area contributed by atoms with E-state index in [0.717, 1.165) is 22.4 Å². The number of nitrogens with zero attached hydrogens (tertiary/aromatic N) is 4. The van der Waals surface area contributed by atoms with Gasteiger partial charge in [-0.2, -0.15) is 4.98 Å². The first-order valence-corrected chi connectivity index (χ1v) is 14.5. The number of carbonyl (C=O) groups is 1. The first kappa shape index (κ1) is 25.9. The molecule has 1 N–H and O–H groups in total. The summed E-state index contributed by atoms with van der Waals surface area (Å²) in [5.41, 5.74) is 4.41. The maximum Gasteiger partial charge on any atom is 0.264 e. The lowest BCUT2D eigenvalue weighted by molar-refractivity contribution is 0.0585. The van der Waals surface area contributed by atoms with Gasteiger partial charge in [-0.25, -0.2) is 18.1 Å². The molecule has 40 heavy (non-hydrogen) atoms. The second-order valence-corrected chi connectivity index (χ2v) is 12.8. The topological polar surface area (TPSA) is 114 Å². The van der Waals surface area contributed by atoms with E-state index >= 15 is 0 Å². The molecule has 2 aromatic carbocycles. The largest absolute Gasteiger partial charge is 0.467 e. The van der Waals surface area contributed by atoms with Crippen LogP contribution in [-0.4, -0.2) is 40.7 Å². The summed E-state index contributed by atoms with van der Waals surface area (Å²) in [4.78, 5) is 29.1. The van der Waals surface area contributed by atoms with E-state index in [0.29, 0.717) is 17.8 Å². The van der Waals surface area contributed by atoms with Gasteiger partial charge in [-0.15, -0.1) is 0 Å². The van der Waals surface area contributed by atoms with Crippen LogP contribution >= 0.6 is 0 Å². The number of aromatic nitrogens is 3. The Bertz CT molecular complexity index is 1760. The van der Waals surface area contributed by atoms with Crippen molar-refractivity contribution in [3.63, 3.8) is 0 Å². The second-order valence-electron chi connectivity index (χ2n) is 11.1. The summed E-state index contributed by atoms with van der Waals surface area (Å²) in [7, 11) is -4.13. The highest BCUT2D eigenvalue weighted by Crippen LogP contribution is 2.42. The fourth-order valence-electron chi connectivity index (χ4n) is 5.29. The van der Waals surface area contributed by atoms with Crippen molar-refractivity contribution >= 4 is 21.9 Å². The van der Waals surface area contributed by atoms with E-state index in [1.54, 1.807) is 23.2 Å². The van der Waals surface area contributed by atoms with E-state index in [-0.39, 0.29) is 34.7 Å². The molecule has 0 spiro atoms. The van der Waals surface area contributed by atoms with Crippen LogP contribution in [0.25, 0.3) is 11.3 Å². The van der Waals surface area contributed by atoms with Crippen LogP contribution in [-0.2, 0) is 22.0 Å². The van der Waals surface area contributed by atoms with E-state index < -0.39 is 21.5 Å². The van der Waals surface area contributed by atoms with Crippen molar-refractivity contribution in [3.05, 3.63) is 94.8 Å². The van der Waals surface area contributed by atoms with Crippen molar-refractivity contribution in [2.75, 3.05) is 11.3 Å². The number of aryl methyl sites for hydroxylation is 1. The molecule has 9 nitrogen and oxygen atoms in total. The molecule has 4 aromatic rings. The lowest BCUT2D eigenvalue weighted by Gasteiger charge is -2.35. The predicted octanol–water partition coefficient (Wildman–Crippen LogP) is 5.03. The van der Waals surface area contributed by atoms with Crippen LogP contribution in [0.1, 0.15) is 59.6 Å². The van der Waals surface area contributed by atoms with Crippen LogP contribution < -0.4 is 9.46 Å². The third-order valence-corrected chi connectivity index (χ3v) is 8.52. The molecule has 1 unspecified atom stereocenters. The number of carbonyl (C=O) groups excluding carboxylic acids is 1. The van der Waals surface area contributed by atoms with Crippen molar-refractivity contribution in [1.29, 1.82) is 0 Å². The molecule has 0 saturated carbocycles. The highest BCUT2D eigenvalue weighted by molar-refractivity contribution is 7.92. The highest BCUT2D eigenvalue weighted by Gasteiger charge is 2.35. The van der Waals surface area contributed by atoms with Crippen LogP contribution in [0.15, 0.2) is 71.8 Å². The molecule has 0 saturated heterocycles. The Morgan fingerprint density at radius 1 is 1.02 bits per heavy atom. The van der Waals surface area contributed by atoms with Gasteiger partial charge < -0.3 is 9.64 Å². The van der Waals surface area contributed by atoms with Crippen LogP contribution in [0.2, 0.25) is 0 Å². The van der Waals surface area contributed by atoms with Crippen LogP contribution in [0.3, 0.4) is 0 Å². The van der Waals surface area contributed by atoms with E-state index in [2.05, 4.69) is 14.7 Å². The van der Waals surface area contributed by atoms with E-state index in [9.17, 15) is 13.2 Å². The zero-order chi connectivity index (χ0) is 28.2. The number of ether oxygens (including phenoxy) is 1. The summed E-state index contributed by atoms with van der Waals surface area (Å²) in [6, 6.07) is 17.6. The molecule has 2 aliphatic heterocycles. The van der Waals surface area contributed by atoms with Crippen molar-refractivity contribution in [1.82, 2.24) is 19.9 Å². The van der Waals surface area contributed by atoms with E-state index in [1.807, 2.05) is 64.1 Å². The summed E-state index contributed by atoms with van der Waals surface area (Å²) in [5, 5.41) is 0. The normalized spacial score (nSPS) is 17.9. The van der Waals surface area contributed by atoms with Gasteiger partial charge in [0.1, 0.15) is 6.10 Å². The fourth-order valence-corrected chi connectivity index (χ4v) is 6.28. The smallest absolute Gasteiger partial charge is 0.264 e. The Hall–Kier alpha value is -4.31. The van der Waals surface area contributed by atoms with Crippen molar-refractivity contribution in [2.24, 2.45) is 0 Å². The highest BCUT2D eigenvalue weighted by atomic mass is 32.2. The zero-order valence-corrected chi connectivity index (χ0v) is 23.5. The molecule has 4 heterocycles. The Labute approximate surface area is 233 Å². The number of amides is 1. The molecule has 1 atom stereocenters. The third kappa shape index (κ3) is 4.58. The summed E-state index contributed by atoms with van der Waals surface area (Å²) >= 11 is 0. The molecular weight excluding hydrogens is 526 g/mol. The van der Waals surface area contributed by atoms with Gasteiger partial charge in [-0.1, -0.05) is 51.1 Å². The van der Waals surface area contributed by atoms with Crippen molar-refractivity contribution < 1.29 is 17.9 Å². The average Bonchev–Trinajstić information content (AvgIpc) is 2.91. The Morgan fingerprint density at radius 2 is 1.82 bits per heavy atom. The average molecular weight is 556 g/mol. The van der Waals surface area contributed by atoms with Crippen LogP contribution in [0.4, 0.5) is 5.95 Å². The second kappa shape index (κ2) is 9.41. The fraction of sp³-hybridized carbons (Fsp3) is 0.267. The maximum atomic E-state index is 13.7. The quantitative estimate of drug-likeness (QED) is 0.350. The van der Waals surface area contributed by atoms with Gasteiger partial charge in [-0.05, 0) is 53.8 Å². The molecule has 0 fully saturated rings. The number of rotatable bonds is 1. The number of pyridine rings is 1. The molecule has 6 rings (SSSR count). The molecule has 204 valence electrons. The maximum absolute atomic E-state index is 13.7. The number of nitrogens with one attached hydrogen (secondary N) is 1. The van der Waals surface area contributed by atoms with Gasteiger partial charge in [0.2, 0.25) is 11.8 Å². The summed E-state index contributed by atoms with van der Waals surface area (Å²) in [6.07, 6.45) is 1.16. The molecule has 1 amide bonds. The van der Waals surface area contributed by atoms with Gasteiger partial charge in [0, 0.05) is 35.1 Å². The first-order chi connectivity index (χ1) is 19.0. The molecule has 6 bridgehead atoms.